The molecule has 4 rings (SSSR count). The molecule has 0 aromatic heterocycles. The Morgan fingerprint density at radius 3 is 2.68 bits per heavy atom. The lowest BCUT2D eigenvalue weighted by Crippen LogP contribution is -2.52. The lowest BCUT2D eigenvalue weighted by atomic mass is 9.87. The molecule has 0 spiro atoms. The SMILES string of the molecule is COCCCN1C(=O)C(C)(C)Oc2ccc(CO[C@H]3CNCC[C@@H]3c3ccc(OC)cc3)cc21. The van der Waals surface area contributed by atoms with Gasteiger partial charge in [0.25, 0.3) is 5.91 Å². The number of fused-ring (bicyclic) bond motifs is 1. The number of piperidine rings is 1. The molecular formula is C27H36N2O5. The second-order valence-electron chi connectivity index (χ2n) is 9.44. The van der Waals surface area contributed by atoms with Gasteiger partial charge in [-0.05, 0) is 68.6 Å². The van der Waals surface area contributed by atoms with Crippen molar-refractivity contribution in [3.05, 3.63) is 53.6 Å². The number of methoxy groups -OCH3 is 2. The second kappa shape index (κ2) is 10.8. The number of nitrogens with zero attached hydrogens (tertiary/aromatic N) is 1. The van der Waals surface area contributed by atoms with E-state index in [1.54, 1.807) is 14.2 Å². The first-order valence-electron chi connectivity index (χ1n) is 12.0. The summed E-state index contributed by atoms with van der Waals surface area (Å²) in [6, 6.07) is 14.3. The van der Waals surface area contributed by atoms with Gasteiger partial charge in [0.2, 0.25) is 0 Å². The number of rotatable bonds is 9. The maximum absolute atomic E-state index is 13.1. The predicted molar refractivity (Wildman–Crippen MR) is 132 cm³/mol. The fourth-order valence-electron chi connectivity index (χ4n) is 4.73. The third-order valence-electron chi connectivity index (χ3n) is 6.60. The minimum atomic E-state index is -0.891. The van der Waals surface area contributed by atoms with E-state index >= 15 is 0 Å². The summed E-state index contributed by atoms with van der Waals surface area (Å²) in [6.45, 7) is 7.06. The van der Waals surface area contributed by atoms with E-state index in [-0.39, 0.29) is 12.0 Å². The Morgan fingerprint density at radius 2 is 1.94 bits per heavy atom. The van der Waals surface area contributed by atoms with Crippen LogP contribution >= 0.6 is 0 Å². The van der Waals surface area contributed by atoms with Crippen molar-refractivity contribution in [1.82, 2.24) is 5.32 Å². The zero-order valence-corrected chi connectivity index (χ0v) is 20.6. The summed E-state index contributed by atoms with van der Waals surface area (Å²) in [4.78, 5) is 14.9. The van der Waals surface area contributed by atoms with Gasteiger partial charge in [-0.25, -0.2) is 0 Å². The van der Waals surface area contributed by atoms with Crippen LogP contribution in [-0.4, -0.2) is 58.1 Å². The van der Waals surface area contributed by atoms with Gasteiger partial charge >= 0.3 is 0 Å². The number of nitrogens with one attached hydrogen (secondary N) is 1. The van der Waals surface area contributed by atoms with Gasteiger partial charge in [-0.15, -0.1) is 0 Å². The van der Waals surface area contributed by atoms with Gasteiger partial charge in [0.15, 0.2) is 5.60 Å². The predicted octanol–water partition coefficient (Wildman–Crippen LogP) is 3.90. The number of amides is 1. The van der Waals surface area contributed by atoms with Gasteiger partial charge in [0, 0.05) is 32.7 Å². The van der Waals surface area contributed by atoms with Crippen LogP contribution in [0.2, 0.25) is 0 Å². The monoisotopic (exact) mass is 468 g/mol. The molecule has 7 nitrogen and oxygen atoms in total. The van der Waals surface area contributed by atoms with Gasteiger partial charge in [-0.3, -0.25) is 4.79 Å². The Kier molecular flexibility index (Phi) is 7.76. The van der Waals surface area contributed by atoms with Crippen LogP contribution in [-0.2, 0) is 20.9 Å². The van der Waals surface area contributed by atoms with Crippen molar-refractivity contribution in [1.29, 1.82) is 0 Å². The molecule has 0 unspecified atom stereocenters. The van der Waals surface area contributed by atoms with E-state index < -0.39 is 5.60 Å². The summed E-state index contributed by atoms with van der Waals surface area (Å²) in [6.07, 6.45) is 1.84. The Morgan fingerprint density at radius 1 is 1.15 bits per heavy atom. The Labute approximate surface area is 202 Å². The lowest BCUT2D eigenvalue weighted by Gasteiger charge is -2.39. The van der Waals surface area contributed by atoms with E-state index in [2.05, 4.69) is 17.4 Å². The molecule has 184 valence electrons. The largest absolute Gasteiger partial charge is 0.497 e. The number of carbonyl (C=O) groups is 1. The molecule has 0 aliphatic carbocycles. The zero-order valence-electron chi connectivity index (χ0n) is 20.6. The third kappa shape index (κ3) is 5.37. The molecular weight excluding hydrogens is 432 g/mol. The highest BCUT2D eigenvalue weighted by Gasteiger charge is 2.40. The van der Waals surface area contributed by atoms with E-state index in [0.29, 0.717) is 25.7 Å². The zero-order chi connectivity index (χ0) is 24.1. The minimum absolute atomic E-state index is 0.0368. The van der Waals surface area contributed by atoms with Crippen molar-refractivity contribution >= 4 is 11.6 Å². The topological polar surface area (TPSA) is 69.3 Å². The second-order valence-corrected chi connectivity index (χ2v) is 9.44. The minimum Gasteiger partial charge on any atom is -0.497 e. The lowest BCUT2D eigenvalue weighted by molar-refractivity contribution is -0.132. The summed E-state index contributed by atoms with van der Waals surface area (Å²) in [5.41, 5.74) is 2.20. The Balaban J connectivity index is 1.49. The molecule has 2 atom stereocenters. The first-order valence-corrected chi connectivity index (χ1v) is 12.0. The van der Waals surface area contributed by atoms with E-state index in [1.807, 2.05) is 49.1 Å². The number of hydrogen-bond donors (Lipinski definition) is 1. The fourth-order valence-corrected chi connectivity index (χ4v) is 4.73. The van der Waals surface area contributed by atoms with Gasteiger partial charge in [-0.2, -0.15) is 0 Å². The van der Waals surface area contributed by atoms with Crippen molar-refractivity contribution < 1.29 is 23.7 Å². The van der Waals surface area contributed by atoms with Crippen molar-refractivity contribution in [2.24, 2.45) is 0 Å². The molecule has 2 aromatic rings. The first-order chi connectivity index (χ1) is 16.4. The van der Waals surface area contributed by atoms with Crippen LogP contribution in [0.3, 0.4) is 0 Å². The van der Waals surface area contributed by atoms with Crippen LogP contribution in [0.5, 0.6) is 11.5 Å². The molecule has 0 bridgehead atoms. The van der Waals surface area contributed by atoms with Crippen LogP contribution < -0.4 is 19.7 Å². The van der Waals surface area contributed by atoms with Crippen LogP contribution in [0.25, 0.3) is 0 Å². The number of benzene rings is 2. The summed E-state index contributed by atoms with van der Waals surface area (Å²) in [5.74, 6) is 1.87. The molecule has 7 heteroatoms. The Hall–Kier alpha value is -2.61. The van der Waals surface area contributed by atoms with Crippen molar-refractivity contribution in [2.45, 2.75) is 50.9 Å². The maximum atomic E-state index is 13.1. The molecule has 1 N–H and O–H groups in total. The molecule has 2 aliphatic heterocycles. The highest BCUT2D eigenvalue weighted by molar-refractivity contribution is 6.02. The summed E-state index contributed by atoms with van der Waals surface area (Å²) in [5, 5.41) is 3.46. The standard InChI is InChI=1S/C27H36N2O5/c1-27(2)26(30)29(14-5-15-31-3)23-16-19(6-11-24(23)34-27)18-33-25-17-28-13-12-22(25)20-7-9-21(32-4)10-8-20/h6-11,16,22,25,28H,5,12-15,17-18H2,1-4H3/t22-,25+/m1/s1. The van der Waals surface area contributed by atoms with E-state index in [1.165, 1.54) is 5.56 Å². The van der Waals surface area contributed by atoms with Crippen LogP contribution in [0, 0.1) is 0 Å². The molecule has 2 heterocycles. The van der Waals surface area contributed by atoms with E-state index in [9.17, 15) is 4.79 Å². The van der Waals surface area contributed by atoms with Crippen molar-refractivity contribution in [3.8, 4) is 11.5 Å². The van der Waals surface area contributed by atoms with Gasteiger partial charge in [0.1, 0.15) is 11.5 Å². The molecule has 1 saturated heterocycles. The summed E-state index contributed by atoms with van der Waals surface area (Å²) < 4.78 is 23.0. The third-order valence-corrected chi connectivity index (χ3v) is 6.60. The quantitative estimate of drug-likeness (QED) is 0.563. The molecule has 2 aliphatic rings. The average molecular weight is 469 g/mol. The van der Waals surface area contributed by atoms with Crippen LogP contribution in [0.15, 0.2) is 42.5 Å². The molecule has 1 amide bonds. The first kappa shape index (κ1) is 24.5. The van der Waals surface area contributed by atoms with E-state index in [4.69, 9.17) is 18.9 Å². The fraction of sp³-hybridized carbons (Fsp3) is 0.519. The van der Waals surface area contributed by atoms with Crippen molar-refractivity contribution in [2.75, 3.05) is 45.4 Å². The summed E-state index contributed by atoms with van der Waals surface area (Å²) >= 11 is 0. The molecule has 0 saturated carbocycles. The molecule has 34 heavy (non-hydrogen) atoms. The van der Waals surface area contributed by atoms with E-state index in [0.717, 1.165) is 48.7 Å². The van der Waals surface area contributed by atoms with Crippen LogP contribution in [0.4, 0.5) is 5.69 Å². The number of anilines is 1. The summed E-state index contributed by atoms with van der Waals surface area (Å²) in [7, 11) is 3.36. The number of ether oxygens (including phenoxy) is 4. The highest BCUT2D eigenvalue weighted by atomic mass is 16.5. The molecule has 0 radical (unpaired) electrons. The smallest absolute Gasteiger partial charge is 0.270 e. The Bertz CT molecular complexity index is 975. The maximum Gasteiger partial charge on any atom is 0.270 e. The highest BCUT2D eigenvalue weighted by Crippen LogP contribution is 2.39. The van der Waals surface area contributed by atoms with Gasteiger partial charge in [0.05, 0.1) is 25.5 Å². The number of hydrogen-bond acceptors (Lipinski definition) is 6. The molecule has 1 fully saturated rings. The van der Waals surface area contributed by atoms with Crippen molar-refractivity contribution in [3.63, 3.8) is 0 Å². The number of carbonyl (C=O) groups excluding carboxylic acids is 1. The normalized spacial score (nSPS) is 21.6. The van der Waals surface area contributed by atoms with Crippen LogP contribution in [0.1, 0.15) is 43.7 Å². The van der Waals surface area contributed by atoms with Gasteiger partial charge < -0.3 is 29.2 Å². The molecule has 2 aromatic carbocycles. The van der Waals surface area contributed by atoms with Gasteiger partial charge in [-0.1, -0.05) is 18.2 Å². The average Bonchev–Trinajstić information content (AvgIpc) is 2.85.